The molecule has 1 heterocycles. The lowest BCUT2D eigenvalue weighted by Crippen LogP contribution is -2.38. The summed E-state index contributed by atoms with van der Waals surface area (Å²) >= 11 is 0. The van der Waals surface area contributed by atoms with Crippen LogP contribution in [0.4, 0.5) is 0 Å². The van der Waals surface area contributed by atoms with Gasteiger partial charge < -0.3 is 11.1 Å². The first-order valence-corrected chi connectivity index (χ1v) is 5.77. The topological polar surface area (TPSA) is 72.9 Å². The highest BCUT2D eigenvalue weighted by Crippen LogP contribution is 2.31. The summed E-state index contributed by atoms with van der Waals surface area (Å²) in [6.45, 7) is 3.31. The molecule has 96 valence electrons. The van der Waals surface area contributed by atoms with E-state index in [0.29, 0.717) is 18.0 Å². The van der Waals surface area contributed by atoms with Gasteiger partial charge in [0.05, 0.1) is 11.8 Å². The minimum atomic E-state index is -0.0872. The van der Waals surface area contributed by atoms with Gasteiger partial charge in [0.15, 0.2) is 0 Å². The number of rotatable bonds is 5. The van der Waals surface area contributed by atoms with Crippen LogP contribution in [0.25, 0.3) is 0 Å². The summed E-state index contributed by atoms with van der Waals surface area (Å²) in [5, 5.41) is 6.90. The fourth-order valence-electron chi connectivity index (χ4n) is 1.66. The van der Waals surface area contributed by atoms with Crippen molar-refractivity contribution in [1.29, 1.82) is 0 Å². The zero-order valence-corrected chi connectivity index (χ0v) is 10.7. The summed E-state index contributed by atoms with van der Waals surface area (Å²) in [7, 11) is 0. The second kappa shape index (κ2) is 6.02. The van der Waals surface area contributed by atoms with Crippen molar-refractivity contribution < 1.29 is 4.79 Å². The van der Waals surface area contributed by atoms with E-state index in [1.165, 1.54) is 12.8 Å². The molecule has 1 unspecified atom stereocenters. The molecular weight excluding hydrogens is 240 g/mol. The maximum Gasteiger partial charge on any atom is 0.254 e. The van der Waals surface area contributed by atoms with E-state index in [1.54, 1.807) is 17.1 Å². The van der Waals surface area contributed by atoms with E-state index in [0.717, 1.165) is 6.54 Å². The molecule has 1 atom stereocenters. The lowest BCUT2D eigenvalue weighted by atomic mass is 10.2. The third-order valence-electron chi connectivity index (χ3n) is 2.95. The summed E-state index contributed by atoms with van der Waals surface area (Å²) < 4.78 is 1.73. The molecule has 0 spiro atoms. The Morgan fingerprint density at radius 3 is 2.94 bits per heavy atom. The lowest BCUT2D eigenvalue weighted by Gasteiger charge is -2.10. The average molecular weight is 259 g/mol. The number of halogens is 1. The second-order valence-corrected chi connectivity index (χ2v) is 4.30. The standard InChI is InChI=1S/C11H18N4O.ClH/c1-2-15-7-9(5-14-15)11(16)13-6-10(12)8-3-4-8;/h5,7-8,10H,2-4,6,12H2,1H3,(H,13,16);1H. The van der Waals surface area contributed by atoms with Crippen LogP contribution in [0.3, 0.4) is 0 Å². The Labute approximate surface area is 107 Å². The van der Waals surface area contributed by atoms with Gasteiger partial charge in [-0.15, -0.1) is 12.4 Å². The highest BCUT2D eigenvalue weighted by atomic mass is 35.5. The first-order valence-electron chi connectivity index (χ1n) is 5.77. The van der Waals surface area contributed by atoms with Crippen LogP contribution in [-0.4, -0.2) is 28.3 Å². The predicted molar refractivity (Wildman–Crippen MR) is 68.2 cm³/mol. The van der Waals surface area contributed by atoms with Gasteiger partial charge >= 0.3 is 0 Å². The maximum atomic E-state index is 11.7. The zero-order chi connectivity index (χ0) is 11.5. The van der Waals surface area contributed by atoms with Crippen molar-refractivity contribution in [3.8, 4) is 0 Å². The van der Waals surface area contributed by atoms with Gasteiger partial charge in [-0.25, -0.2) is 0 Å². The Hall–Kier alpha value is -1.07. The van der Waals surface area contributed by atoms with Gasteiger partial charge in [-0.05, 0) is 25.7 Å². The van der Waals surface area contributed by atoms with E-state index >= 15 is 0 Å². The Balaban J connectivity index is 0.00000144. The van der Waals surface area contributed by atoms with Crippen LogP contribution in [-0.2, 0) is 6.54 Å². The Bertz CT molecular complexity index is 375. The van der Waals surface area contributed by atoms with E-state index < -0.39 is 0 Å². The molecule has 1 aliphatic rings. The maximum absolute atomic E-state index is 11.7. The van der Waals surface area contributed by atoms with E-state index in [4.69, 9.17) is 5.73 Å². The monoisotopic (exact) mass is 258 g/mol. The third-order valence-corrected chi connectivity index (χ3v) is 2.95. The van der Waals surface area contributed by atoms with Crippen LogP contribution in [0.15, 0.2) is 12.4 Å². The summed E-state index contributed by atoms with van der Waals surface area (Å²) in [5.41, 5.74) is 6.50. The highest BCUT2D eigenvalue weighted by molar-refractivity contribution is 5.93. The number of nitrogens with one attached hydrogen (secondary N) is 1. The Kier molecular flexibility index (Phi) is 4.96. The fraction of sp³-hybridized carbons (Fsp3) is 0.636. The molecule has 1 fully saturated rings. The molecule has 0 radical (unpaired) electrons. The minimum Gasteiger partial charge on any atom is -0.350 e. The van der Waals surface area contributed by atoms with Crippen LogP contribution < -0.4 is 11.1 Å². The summed E-state index contributed by atoms with van der Waals surface area (Å²) in [6, 6.07) is 0.102. The number of amides is 1. The Morgan fingerprint density at radius 2 is 2.41 bits per heavy atom. The summed E-state index contributed by atoms with van der Waals surface area (Å²) in [5.74, 6) is 0.523. The summed E-state index contributed by atoms with van der Waals surface area (Å²) in [6.07, 6.45) is 5.73. The number of aryl methyl sites for hydroxylation is 1. The fourth-order valence-corrected chi connectivity index (χ4v) is 1.66. The second-order valence-electron chi connectivity index (χ2n) is 4.30. The molecule has 3 N–H and O–H groups in total. The number of hydrogen-bond donors (Lipinski definition) is 2. The minimum absolute atomic E-state index is 0. The molecular formula is C11H19ClN4O. The SMILES string of the molecule is CCn1cc(C(=O)NCC(N)C2CC2)cn1.Cl. The number of carbonyl (C=O) groups is 1. The first-order chi connectivity index (χ1) is 7.70. The zero-order valence-electron chi connectivity index (χ0n) is 9.93. The molecule has 0 saturated heterocycles. The molecule has 6 heteroatoms. The quantitative estimate of drug-likeness (QED) is 0.820. The lowest BCUT2D eigenvalue weighted by molar-refractivity contribution is 0.0950. The predicted octanol–water partition coefficient (Wildman–Crippen LogP) is 0.792. The molecule has 17 heavy (non-hydrogen) atoms. The number of aromatic nitrogens is 2. The van der Waals surface area contributed by atoms with Crippen LogP contribution in [0.5, 0.6) is 0 Å². The molecule has 5 nitrogen and oxygen atoms in total. The van der Waals surface area contributed by atoms with E-state index in [9.17, 15) is 4.79 Å². The molecule has 2 rings (SSSR count). The van der Waals surface area contributed by atoms with Crippen LogP contribution in [0.2, 0.25) is 0 Å². The average Bonchev–Trinajstić information content (AvgIpc) is 3.03. The molecule has 1 aromatic rings. The van der Waals surface area contributed by atoms with Crippen molar-refractivity contribution in [2.45, 2.75) is 32.4 Å². The molecule has 0 aromatic carbocycles. The largest absolute Gasteiger partial charge is 0.350 e. The van der Waals surface area contributed by atoms with Gasteiger partial charge in [0.2, 0.25) is 0 Å². The highest BCUT2D eigenvalue weighted by Gasteiger charge is 2.28. The van der Waals surface area contributed by atoms with E-state index in [1.807, 2.05) is 6.92 Å². The van der Waals surface area contributed by atoms with Crippen molar-refractivity contribution >= 4 is 18.3 Å². The number of nitrogens with two attached hydrogens (primary N) is 1. The molecule has 1 amide bonds. The number of carbonyl (C=O) groups excluding carboxylic acids is 1. The summed E-state index contributed by atoms with van der Waals surface area (Å²) in [4.78, 5) is 11.7. The van der Waals surface area contributed by atoms with Gasteiger partial charge in [0.25, 0.3) is 5.91 Å². The number of hydrogen-bond acceptors (Lipinski definition) is 3. The first kappa shape index (κ1) is 14.0. The van der Waals surface area contributed by atoms with Gasteiger partial charge in [0, 0.05) is 25.3 Å². The van der Waals surface area contributed by atoms with Crippen LogP contribution >= 0.6 is 12.4 Å². The molecule has 0 aliphatic heterocycles. The normalized spacial score (nSPS) is 16.1. The van der Waals surface area contributed by atoms with Crippen LogP contribution in [0, 0.1) is 5.92 Å². The van der Waals surface area contributed by atoms with Gasteiger partial charge in [0.1, 0.15) is 0 Å². The van der Waals surface area contributed by atoms with Crippen LogP contribution in [0.1, 0.15) is 30.1 Å². The van der Waals surface area contributed by atoms with Crippen molar-refractivity contribution in [2.75, 3.05) is 6.54 Å². The van der Waals surface area contributed by atoms with E-state index in [2.05, 4.69) is 10.4 Å². The molecule has 1 aromatic heterocycles. The molecule has 1 aliphatic carbocycles. The van der Waals surface area contributed by atoms with E-state index in [-0.39, 0.29) is 24.4 Å². The number of nitrogens with zero attached hydrogens (tertiary/aromatic N) is 2. The van der Waals surface area contributed by atoms with Gasteiger partial charge in [-0.1, -0.05) is 0 Å². The van der Waals surface area contributed by atoms with Gasteiger partial charge in [-0.2, -0.15) is 5.10 Å². The molecule has 1 saturated carbocycles. The van der Waals surface area contributed by atoms with Crippen molar-refractivity contribution in [2.24, 2.45) is 11.7 Å². The third kappa shape index (κ3) is 3.71. The van der Waals surface area contributed by atoms with Crippen molar-refractivity contribution in [3.05, 3.63) is 18.0 Å². The smallest absolute Gasteiger partial charge is 0.254 e. The Morgan fingerprint density at radius 1 is 1.71 bits per heavy atom. The van der Waals surface area contributed by atoms with Crippen molar-refractivity contribution in [1.82, 2.24) is 15.1 Å². The van der Waals surface area contributed by atoms with Gasteiger partial charge in [-0.3, -0.25) is 9.48 Å². The van der Waals surface area contributed by atoms with Crippen molar-refractivity contribution in [3.63, 3.8) is 0 Å². The molecule has 0 bridgehead atoms.